The van der Waals surface area contributed by atoms with E-state index in [9.17, 15) is 0 Å². The highest BCUT2D eigenvalue weighted by atomic mass is 35.5. The molecule has 1 nitrogen and oxygen atoms in total. The summed E-state index contributed by atoms with van der Waals surface area (Å²) < 4.78 is 0. The molecule has 3 heteroatoms. The number of thioether (sulfide) groups is 1. The van der Waals surface area contributed by atoms with Crippen molar-refractivity contribution in [3.05, 3.63) is 64.2 Å². The normalized spacial score (nSPS) is 12.4. The zero-order chi connectivity index (χ0) is 13.8. The van der Waals surface area contributed by atoms with Crippen molar-refractivity contribution in [1.29, 1.82) is 0 Å². The highest BCUT2D eigenvalue weighted by Gasteiger charge is 2.09. The lowest BCUT2D eigenvalue weighted by Gasteiger charge is -2.15. The molecular weight excluding hydrogens is 274 g/mol. The van der Waals surface area contributed by atoms with E-state index in [-0.39, 0.29) is 6.04 Å². The van der Waals surface area contributed by atoms with Crippen molar-refractivity contribution in [1.82, 2.24) is 0 Å². The van der Waals surface area contributed by atoms with E-state index in [1.807, 2.05) is 18.2 Å². The van der Waals surface area contributed by atoms with Gasteiger partial charge in [0.05, 0.1) is 0 Å². The molecule has 100 valence electrons. The van der Waals surface area contributed by atoms with Crippen molar-refractivity contribution in [3.63, 3.8) is 0 Å². The molecular formula is C16H18ClNS. The Bertz CT molecular complexity index is 568. The molecule has 0 aliphatic rings. The van der Waals surface area contributed by atoms with Crippen molar-refractivity contribution >= 4 is 23.4 Å². The number of benzene rings is 2. The molecule has 0 amide bonds. The van der Waals surface area contributed by atoms with Crippen LogP contribution in [-0.4, -0.2) is 5.75 Å². The standard InChI is InChI=1S/C16H18ClNS/c1-11-6-7-15(12(2)8-11)16(18)10-19-14-5-3-4-13(17)9-14/h3-9,16H,10,18H2,1-2H3. The van der Waals surface area contributed by atoms with Crippen LogP contribution < -0.4 is 5.73 Å². The molecule has 0 bridgehead atoms. The fourth-order valence-corrected chi connectivity index (χ4v) is 3.27. The highest BCUT2D eigenvalue weighted by molar-refractivity contribution is 7.99. The van der Waals surface area contributed by atoms with Crippen LogP contribution in [0.1, 0.15) is 22.7 Å². The van der Waals surface area contributed by atoms with Gasteiger partial charge in [0.15, 0.2) is 0 Å². The van der Waals surface area contributed by atoms with Gasteiger partial charge in [0.1, 0.15) is 0 Å². The highest BCUT2D eigenvalue weighted by Crippen LogP contribution is 2.27. The first-order valence-corrected chi connectivity index (χ1v) is 7.64. The zero-order valence-corrected chi connectivity index (χ0v) is 12.8. The van der Waals surface area contributed by atoms with Gasteiger partial charge in [-0.05, 0) is 43.2 Å². The van der Waals surface area contributed by atoms with Crippen LogP contribution in [-0.2, 0) is 0 Å². The van der Waals surface area contributed by atoms with Crippen LogP contribution in [0.2, 0.25) is 5.02 Å². The minimum absolute atomic E-state index is 0.0459. The first-order chi connectivity index (χ1) is 9.06. The lowest BCUT2D eigenvalue weighted by molar-refractivity contribution is 0.822. The van der Waals surface area contributed by atoms with Crippen LogP contribution in [0.15, 0.2) is 47.4 Å². The molecule has 0 aliphatic carbocycles. The van der Waals surface area contributed by atoms with Gasteiger partial charge in [-0.1, -0.05) is 41.4 Å². The quantitative estimate of drug-likeness (QED) is 0.823. The minimum Gasteiger partial charge on any atom is -0.323 e. The van der Waals surface area contributed by atoms with Gasteiger partial charge in [0.2, 0.25) is 0 Å². The average Bonchev–Trinajstić information content (AvgIpc) is 2.36. The molecule has 2 aromatic rings. The third-order valence-corrected chi connectivity index (χ3v) is 4.40. The Labute approximate surface area is 124 Å². The Kier molecular flexibility index (Phi) is 4.92. The molecule has 2 rings (SSSR count). The van der Waals surface area contributed by atoms with Crippen LogP contribution in [0, 0.1) is 13.8 Å². The summed E-state index contributed by atoms with van der Waals surface area (Å²) in [5, 5.41) is 0.769. The summed E-state index contributed by atoms with van der Waals surface area (Å²) in [5.74, 6) is 0.851. The first kappa shape index (κ1) is 14.4. The molecule has 0 spiro atoms. The summed E-state index contributed by atoms with van der Waals surface area (Å²) in [6, 6.07) is 14.4. The van der Waals surface area contributed by atoms with E-state index in [1.54, 1.807) is 11.8 Å². The predicted molar refractivity (Wildman–Crippen MR) is 85.0 cm³/mol. The monoisotopic (exact) mass is 291 g/mol. The Hall–Kier alpha value is -0.960. The van der Waals surface area contributed by atoms with Crippen molar-refractivity contribution in [3.8, 4) is 0 Å². The van der Waals surface area contributed by atoms with Crippen LogP contribution in [0.4, 0.5) is 0 Å². The summed E-state index contributed by atoms with van der Waals surface area (Å²) in [7, 11) is 0. The number of rotatable bonds is 4. The summed E-state index contributed by atoms with van der Waals surface area (Å²) in [6.07, 6.45) is 0. The fourth-order valence-electron chi connectivity index (χ4n) is 2.07. The molecule has 0 aliphatic heterocycles. The van der Waals surface area contributed by atoms with E-state index in [4.69, 9.17) is 17.3 Å². The molecule has 1 unspecified atom stereocenters. The molecule has 2 N–H and O–H groups in total. The van der Waals surface area contributed by atoms with Crippen molar-refractivity contribution in [2.45, 2.75) is 24.8 Å². The van der Waals surface area contributed by atoms with Gasteiger partial charge < -0.3 is 5.73 Å². The lowest BCUT2D eigenvalue weighted by atomic mass is 10.0. The van der Waals surface area contributed by atoms with E-state index in [0.29, 0.717) is 0 Å². The molecule has 1 atom stereocenters. The summed E-state index contributed by atoms with van der Waals surface area (Å²) in [4.78, 5) is 1.16. The second-order valence-electron chi connectivity index (χ2n) is 4.73. The van der Waals surface area contributed by atoms with Gasteiger partial charge in [-0.25, -0.2) is 0 Å². The molecule has 0 saturated heterocycles. The Morgan fingerprint density at radius 2 is 1.95 bits per heavy atom. The van der Waals surface area contributed by atoms with Crippen molar-refractivity contribution in [2.75, 3.05) is 5.75 Å². The molecule has 0 radical (unpaired) electrons. The number of hydrogen-bond donors (Lipinski definition) is 1. The molecule has 0 saturated carbocycles. The van der Waals surface area contributed by atoms with Crippen LogP contribution in [0.3, 0.4) is 0 Å². The molecule has 19 heavy (non-hydrogen) atoms. The summed E-state index contributed by atoms with van der Waals surface area (Å²) in [6.45, 7) is 4.22. The molecule has 2 aromatic carbocycles. The van der Waals surface area contributed by atoms with Crippen LogP contribution in [0.5, 0.6) is 0 Å². The molecule has 0 fully saturated rings. The molecule has 0 heterocycles. The van der Waals surface area contributed by atoms with Crippen molar-refractivity contribution < 1.29 is 0 Å². The second-order valence-corrected chi connectivity index (χ2v) is 6.26. The number of nitrogens with two attached hydrogens (primary N) is 1. The van der Waals surface area contributed by atoms with E-state index < -0.39 is 0 Å². The summed E-state index contributed by atoms with van der Waals surface area (Å²) in [5.41, 5.74) is 10.0. The van der Waals surface area contributed by atoms with E-state index in [1.165, 1.54) is 16.7 Å². The van der Waals surface area contributed by atoms with Crippen LogP contribution in [0.25, 0.3) is 0 Å². The van der Waals surface area contributed by atoms with Gasteiger partial charge in [-0.3, -0.25) is 0 Å². The number of halogens is 1. The van der Waals surface area contributed by atoms with Gasteiger partial charge >= 0.3 is 0 Å². The van der Waals surface area contributed by atoms with Gasteiger partial charge in [-0.15, -0.1) is 11.8 Å². The lowest BCUT2D eigenvalue weighted by Crippen LogP contribution is -2.14. The zero-order valence-electron chi connectivity index (χ0n) is 11.2. The largest absolute Gasteiger partial charge is 0.323 e. The van der Waals surface area contributed by atoms with E-state index in [2.05, 4.69) is 38.1 Å². The Morgan fingerprint density at radius 3 is 2.63 bits per heavy atom. The summed E-state index contributed by atoms with van der Waals surface area (Å²) >= 11 is 7.72. The Balaban J connectivity index is 2.03. The average molecular weight is 292 g/mol. The van der Waals surface area contributed by atoms with E-state index in [0.717, 1.165) is 15.7 Å². The minimum atomic E-state index is 0.0459. The predicted octanol–water partition coefficient (Wildman–Crippen LogP) is 4.75. The topological polar surface area (TPSA) is 26.0 Å². The maximum Gasteiger partial charge on any atom is 0.0417 e. The van der Waals surface area contributed by atoms with Gasteiger partial charge in [0, 0.05) is 21.7 Å². The number of hydrogen-bond acceptors (Lipinski definition) is 2. The second kappa shape index (κ2) is 6.47. The fraction of sp³-hybridized carbons (Fsp3) is 0.250. The maximum atomic E-state index is 6.28. The van der Waals surface area contributed by atoms with Gasteiger partial charge in [-0.2, -0.15) is 0 Å². The van der Waals surface area contributed by atoms with Crippen LogP contribution >= 0.6 is 23.4 Å². The van der Waals surface area contributed by atoms with Crippen molar-refractivity contribution in [2.24, 2.45) is 5.73 Å². The smallest absolute Gasteiger partial charge is 0.0417 e. The van der Waals surface area contributed by atoms with E-state index >= 15 is 0 Å². The number of aryl methyl sites for hydroxylation is 2. The SMILES string of the molecule is Cc1ccc(C(N)CSc2cccc(Cl)c2)c(C)c1. The maximum absolute atomic E-state index is 6.28. The third-order valence-electron chi connectivity index (χ3n) is 3.05. The van der Waals surface area contributed by atoms with Gasteiger partial charge in [0.25, 0.3) is 0 Å². The Morgan fingerprint density at radius 1 is 1.16 bits per heavy atom. The first-order valence-electron chi connectivity index (χ1n) is 6.27. The molecule has 0 aromatic heterocycles. The third kappa shape index (κ3) is 4.00.